The minimum Gasteiger partial charge on any atom is -0.489 e. The minimum absolute atomic E-state index is 0.214. The van der Waals surface area contributed by atoms with Crippen molar-refractivity contribution in [2.45, 2.75) is 13.0 Å². The highest BCUT2D eigenvalue weighted by atomic mass is 35.5. The molecule has 0 aliphatic rings. The number of benzene rings is 3. The third-order valence-corrected chi connectivity index (χ3v) is 4.79. The SMILES string of the molecule is O=C(Cc1ccc(Cl)cc1)N/N=C\c1cccc(OCc2ccc(Cl)cc2Cl)c1. The van der Waals surface area contributed by atoms with Crippen molar-refractivity contribution in [3.05, 3.63) is 98.5 Å². The van der Waals surface area contributed by atoms with Crippen LogP contribution < -0.4 is 10.2 Å². The van der Waals surface area contributed by atoms with Gasteiger partial charge in [0.05, 0.1) is 12.6 Å². The first-order chi connectivity index (χ1) is 14.0. The molecule has 4 nitrogen and oxygen atoms in total. The van der Waals surface area contributed by atoms with Gasteiger partial charge in [0.1, 0.15) is 12.4 Å². The molecule has 0 atom stereocenters. The second-order valence-electron chi connectivity index (χ2n) is 6.19. The number of amides is 1. The summed E-state index contributed by atoms with van der Waals surface area (Å²) in [6, 6.07) is 19.7. The molecule has 0 unspecified atom stereocenters. The molecule has 0 saturated carbocycles. The smallest absolute Gasteiger partial charge is 0.244 e. The molecular weight excluding hydrogens is 431 g/mol. The number of nitrogens with one attached hydrogen (secondary N) is 1. The maximum absolute atomic E-state index is 12.0. The zero-order chi connectivity index (χ0) is 20.6. The van der Waals surface area contributed by atoms with Crippen LogP contribution in [-0.4, -0.2) is 12.1 Å². The highest BCUT2D eigenvalue weighted by molar-refractivity contribution is 6.35. The zero-order valence-electron chi connectivity index (χ0n) is 15.2. The fourth-order valence-corrected chi connectivity index (χ4v) is 3.08. The lowest BCUT2D eigenvalue weighted by Gasteiger charge is -2.08. The number of halogens is 3. The lowest BCUT2D eigenvalue weighted by molar-refractivity contribution is -0.120. The quantitative estimate of drug-likeness (QED) is 0.361. The fourth-order valence-electron chi connectivity index (χ4n) is 2.49. The minimum atomic E-state index is -0.214. The van der Waals surface area contributed by atoms with Gasteiger partial charge in [0, 0.05) is 20.6 Å². The summed E-state index contributed by atoms with van der Waals surface area (Å²) in [5.74, 6) is 0.445. The summed E-state index contributed by atoms with van der Waals surface area (Å²) in [5, 5.41) is 5.76. The van der Waals surface area contributed by atoms with E-state index in [0.717, 1.165) is 16.7 Å². The third-order valence-electron chi connectivity index (χ3n) is 3.95. The highest BCUT2D eigenvalue weighted by Crippen LogP contribution is 2.23. The molecule has 3 rings (SSSR count). The number of nitrogens with zero attached hydrogens (tertiary/aromatic N) is 1. The van der Waals surface area contributed by atoms with E-state index in [2.05, 4.69) is 10.5 Å². The molecular formula is C22H17Cl3N2O2. The lowest BCUT2D eigenvalue weighted by Crippen LogP contribution is -2.19. The first-order valence-electron chi connectivity index (χ1n) is 8.73. The Kier molecular flexibility index (Phi) is 7.53. The van der Waals surface area contributed by atoms with E-state index < -0.39 is 0 Å². The maximum Gasteiger partial charge on any atom is 0.244 e. The van der Waals surface area contributed by atoms with E-state index in [4.69, 9.17) is 39.5 Å². The van der Waals surface area contributed by atoms with Crippen LogP contribution in [0.15, 0.2) is 71.8 Å². The molecule has 0 aliphatic carbocycles. The molecule has 0 fully saturated rings. The molecule has 148 valence electrons. The summed E-state index contributed by atoms with van der Waals surface area (Å²) in [4.78, 5) is 12.0. The molecule has 7 heteroatoms. The maximum atomic E-state index is 12.0. The second kappa shape index (κ2) is 10.3. The number of hydrogen-bond donors (Lipinski definition) is 1. The Morgan fingerprint density at radius 3 is 2.48 bits per heavy atom. The van der Waals surface area contributed by atoms with Crippen molar-refractivity contribution in [1.29, 1.82) is 0 Å². The average molecular weight is 448 g/mol. The van der Waals surface area contributed by atoms with E-state index in [1.165, 1.54) is 0 Å². The van der Waals surface area contributed by atoms with Crippen LogP contribution in [0.4, 0.5) is 0 Å². The van der Waals surface area contributed by atoms with Gasteiger partial charge in [0.2, 0.25) is 5.91 Å². The molecule has 1 amide bonds. The van der Waals surface area contributed by atoms with Gasteiger partial charge in [0.25, 0.3) is 0 Å². The van der Waals surface area contributed by atoms with Crippen molar-refractivity contribution in [3.8, 4) is 5.75 Å². The second-order valence-corrected chi connectivity index (χ2v) is 7.47. The summed E-state index contributed by atoms with van der Waals surface area (Å²) >= 11 is 17.9. The number of ether oxygens (including phenoxy) is 1. The third kappa shape index (κ3) is 6.79. The first-order valence-corrected chi connectivity index (χ1v) is 9.86. The summed E-state index contributed by atoms with van der Waals surface area (Å²) in [6.45, 7) is 0.314. The molecule has 0 aromatic heterocycles. The van der Waals surface area contributed by atoms with Crippen LogP contribution in [0.1, 0.15) is 16.7 Å². The van der Waals surface area contributed by atoms with Crippen molar-refractivity contribution in [3.63, 3.8) is 0 Å². The molecule has 3 aromatic rings. The van der Waals surface area contributed by atoms with Gasteiger partial charge >= 0.3 is 0 Å². The molecule has 0 heterocycles. The number of hydrogen-bond acceptors (Lipinski definition) is 3. The van der Waals surface area contributed by atoms with E-state index in [1.54, 1.807) is 42.6 Å². The Bertz CT molecular complexity index is 1020. The van der Waals surface area contributed by atoms with Crippen LogP contribution in [-0.2, 0) is 17.8 Å². The fraction of sp³-hybridized carbons (Fsp3) is 0.0909. The molecule has 0 aliphatic heterocycles. The number of rotatable bonds is 7. The van der Waals surface area contributed by atoms with Gasteiger partial charge in [-0.3, -0.25) is 4.79 Å². The Morgan fingerprint density at radius 1 is 0.966 bits per heavy atom. The van der Waals surface area contributed by atoms with E-state index >= 15 is 0 Å². The summed E-state index contributed by atoms with van der Waals surface area (Å²) in [6.07, 6.45) is 1.78. The van der Waals surface area contributed by atoms with Gasteiger partial charge in [-0.1, -0.05) is 65.1 Å². The monoisotopic (exact) mass is 446 g/mol. The van der Waals surface area contributed by atoms with Crippen LogP contribution in [0.3, 0.4) is 0 Å². The topological polar surface area (TPSA) is 50.7 Å². The standard InChI is InChI=1S/C22H17Cl3N2O2/c23-18-7-4-15(5-8-18)11-22(28)27-26-13-16-2-1-3-20(10-16)29-14-17-6-9-19(24)12-21(17)25/h1-10,12-13H,11,14H2,(H,27,28)/b26-13-. The van der Waals surface area contributed by atoms with E-state index in [1.807, 2.05) is 30.3 Å². The van der Waals surface area contributed by atoms with E-state index in [-0.39, 0.29) is 12.3 Å². The van der Waals surface area contributed by atoms with Crippen molar-refractivity contribution >= 4 is 46.9 Å². The number of hydrazone groups is 1. The van der Waals surface area contributed by atoms with Crippen molar-refractivity contribution < 1.29 is 9.53 Å². The highest BCUT2D eigenvalue weighted by Gasteiger charge is 2.04. The largest absolute Gasteiger partial charge is 0.489 e. The Hall–Kier alpha value is -2.53. The molecule has 0 radical (unpaired) electrons. The summed E-state index contributed by atoms with van der Waals surface area (Å²) in [5.41, 5.74) is 5.00. The molecule has 3 aromatic carbocycles. The van der Waals surface area contributed by atoms with Crippen molar-refractivity contribution in [2.24, 2.45) is 5.10 Å². The Morgan fingerprint density at radius 2 is 1.72 bits per heavy atom. The lowest BCUT2D eigenvalue weighted by atomic mass is 10.1. The van der Waals surface area contributed by atoms with Gasteiger partial charge in [-0.2, -0.15) is 5.10 Å². The van der Waals surface area contributed by atoms with Gasteiger partial charge in [-0.05, 0) is 47.5 Å². The average Bonchev–Trinajstić information content (AvgIpc) is 2.69. The molecule has 0 spiro atoms. The number of carbonyl (C=O) groups excluding carboxylic acids is 1. The summed E-state index contributed by atoms with van der Waals surface area (Å²) < 4.78 is 5.78. The van der Waals surface area contributed by atoms with Gasteiger partial charge in [-0.15, -0.1) is 0 Å². The Labute approximate surface area is 184 Å². The number of carbonyl (C=O) groups is 1. The normalized spacial score (nSPS) is 10.9. The van der Waals surface area contributed by atoms with Gasteiger partial charge < -0.3 is 4.74 Å². The first kappa shape index (κ1) is 21.2. The zero-order valence-corrected chi connectivity index (χ0v) is 17.5. The molecule has 29 heavy (non-hydrogen) atoms. The van der Waals surface area contributed by atoms with Gasteiger partial charge in [0.15, 0.2) is 0 Å². The van der Waals surface area contributed by atoms with Crippen molar-refractivity contribution in [1.82, 2.24) is 5.43 Å². The van der Waals surface area contributed by atoms with E-state index in [0.29, 0.717) is 27.4 Å². The van der Waals surface area contributed by atoms with E-state index in [9.17, 15) is 4.79 Å². The van der Waals surface area contributed by atoms with Crippen LogP contribution in [0.2, 0.25) is 15.1 Å². The molecule has 0 bridgehead atoms. The van der Waals surface area contributed by atoms with Crippen molar-refractivity contribution in [2.75, 3.05) is 0 Å². The Balaban J connectivity index is 1.53. The summed E-state index contributed by atoms with van der Waals surface area (Å²) in [7, 11) is 0. The molecule has 0 saturated heterocycles. The van der Waals surface area contributed by atoms with Gasteiger partial charge in [-0.25, -0.2) is 5.43 Å². The van der Waals surface area contributed by atoms with Crippen LogP contribution in [0, 0.1) is 0 Å². The predicted molar refractivity (Wildman–Crippen MR) is 118 cm³/mol. The van der Waals surface area contributed by atoms with Crippen LogP contribution >= 0.6 is 34.8 Å². The van der Waals surface area contributed by atoms with Crippen LogP contribution in [0.5, 0.6) is 5.75 Å². The van der Waals surface area contributed by atoms with Crippen LogP contribution in [0.25, 0.3) is 0 Å². The molecule has 1 N–H and O–H groups in total. The predicted octanol–water partition coefficient (Wildman–Crippen LogP) is 5.92.